The summed E-state index contributed by atoms with van der Waals surface area (Å²) < 4.78 is 7.97. The number of rotatable bonds is 8. The maximum Gasteiger partial charge on any atom is 0.280 e. The first-order valence-corrected chi connectivity index (χ1v) is 12.4. The van der Waals surface area contributed by atoms with Crippen molar-refractivity contribution in [3.8, 4) is 5.75 Å². The molecule has 0 unspecified atom stereocenters. The highest BCUT2D eigenvalue weighted by Gasteiger charge is 2.24. The van der Waals surface area contributed by atoms with E-state index in [2.05, 4.69) is 5.10 Å². The lowest BCUT2D eigenvalue weighted by Gasteiger charge is -2.20. The van der Waals surface area contributed by atoms with Crippen LogP contribution in [-0.4, -0.2) is 27.3 Å². The highest BCUT2D eigenvalue weighted by Crippen LogP contribution is 2.32. The molecule has 1 amide bonds. The van der Waals surface area contributed by atoms with Crippen molar-refractivity contribution in [2.75, 3.05) is 11.5 Å². The Morgan fingerprint density at radius 1 is 0.944 bits per heavy atom. The second-order valence-corrected chi connectivity index (χ2v) is 9.25. The topological polar surface area (TPSA) is 77.3 Å². The summed E-state index contributed by atoms with van der Waals surface area (Å²) in [5, 5.41) is 4.96. The van der Waals surface area contributed by atoms with Gasteiger partial charge in [0.15, 0.2) is 5.13 Å². The number of nitrogens with zero attached hydrogens (tertiary/aromatic N) is 4. The fraction of sp³-hybridized carbons (Fsp3) is 0.143. The Hall–Kier alpha value is -4.30. The molecule has 0 aliphatic rings. The molecule has 180 valence electrons. The quantitative estimate of drug-likeness (QED) is 0.299. The van der Waals surface area contributed by atoms with Gasteiger partial charge in [0, 0.05) is 6.07 Å². The van der Waals surface area contributed by atoms with Gasteiger partial charge >= 0.3 is 0 Å². The molecule has 7 nitrogen and oxygen atoms in total. The number of amides is 1. The van der Waals surface area contributed by atoms with Crippen molar-refractivity contribution in [3.63, 3.8) is 0 Å². The molecule has 5 aromatic rings. The van der Waals surface area contributed by atoms with E-state index in [4.69, 9.17) is 9.72 Å². The minimum absolute atomic E-state index is 0.168. The second kappa shape index (κ2) is 10.5. The van der Waals surface area contributed by atoms with Crippen LogP contribution >= 0.6 is 11.3 Å². The van der Waals surface area contributed by atoms with Crippen molar-refractivity contribution in [3.05, 3.63) is 118 Å². The van der Waals surface area contributed by atoms with E-state index >= 15 is 0 Å². The molecule has 8 heteroatoms. The monoisotopic (exact) mass is 496 g/mol. The van der Waals surface area contributed by atoms with E-state index in [0.717, 1.165) is 21.3 Å². The number of carbonyl (C=O) groups is 1. The average Bonchev–Trinajstić information content (AvgIpc) is 3.35. The highest BCUT2D eigenvalue weighted by molar-refractivity contribution is 7.22. The third-order valence-electron chi connectivity index (χ3n) is 5.67. The summed E-state index contributed by atoms with van der Waals surface area (Å²) in [6.07, 6.45) is 0. The molecule has 2 heterocycles. The number of benzene rings is 3. The van der Waals surface area contributed by atoms with Crippen molar-refractivity contribution >= 4 is 32.6 Å². The number of fused-ring (bicyclic) bond motifs is 1. The SMILES string of the molecule is Cc1cccc2sc(N(Cc3ccccc3)C(=O)c3ccc(=O)n(CCOc4ccccc4)n3)nc12. The van der Waals surface area contributed by atoms with Gasteiger partial charge in [0.25, 0.3) is 11.5 Å². The molecular formula is C28H24N4O3S. The van der Waals surface area contributed by atoms with Gasteiger partial charge in [-0.3, -0.25) is 14.5 Å². The summed E-state index contributed by atoms with van der Waals surface area (Å²) in [5.74, 6) is 0.381. The predicted octanol–water partition coefficient (Wildman–Crippen LogP) is 5.09. The van der Waals surface area contributed by atoms with Gasteiger partial charge < -0.3 is 4.74 Å². The number of hydrogen-bond acceptors (Lipinski definition) is 6. The number of aryl methyl sites for hydroxylation is 1. The summed E-state index contributed by atoms with van der Waals surface area (Å²) >= 11 is 1.46. The number of thiazole rings is 1. The van der Waals surface area contributed by atoms with Crippen LogP contribution in [0.5, 0.6) is 5.75 Å². The molecule has 0 bridgehead atoms. The summed E-state index contributed by atoms with van der Waals surface area (Å²) in [5.41, 5.74) is 2.76. The lowest BCUT2D eigenvalue weighted by Crippen LogP contribution is -2.34. The van der Waals surface area contributed by atoms with Gasteiger partial charge in [0.1, 0.15) is 18.1 Å². The minimum atomic E-state index is -0.326. The van der Waals surface area contributed by atoms with Crippen molar-refractivity contribution in [2.24, 2.45) is 0 Å². The number of hydrogen-bond donors (Lipinski definition) is 0. The zero-order valence-electron chi connectivity index (χ0n) is 19.7. The van der Waals surface area contributed by atoms with Crippen molar-refractivity contribution < 1.29 is 9.53 Å². The molecule has 5 rings (SSSR count). The van der Waals surface area contributed by atoms with E-state index in [1.165, 1.54) is 28.2 Å². The maximum atomic E-state index is 13.8. The molecule has 0 aliphatic heterocycles. The van der Waals surface area contributed by atoms with Gasteiger partial charge in [0.05, 0.1) is 23.3 Å². The average molecular weight is 497 g/mol. The van der Waals surface area contributed by atoms with Crippen LogP contribution in [0.3, 0.4) is 0 Å². The number of para-hydroxylation sites is 2. The zero-order chi connectivity index (χ0) is 24.9. The van der Waals surface area contributed by atoms with E-state index < -0.39 is 0 Å². The van der Waals surface area contributed by atoms with Crippen molar-refractivity contribution in [2.45, 2.75) is 20.0 Å². The van der Waals surface area contributed by atoms with Crippen LogP contribution in [0, 0.1) is 6.92 Å². The highest BCUT2D eigenvalue weighted by atomic mass is 32.1. The van der Waals surface area contributed by atoms with Crippen LogP contribution in [0.4, 0.5) is 5.13 Å². The van der Waals surface area contributed by atoms with Gasteiger partial charge in [0.2, 0.25) is 0 Å². The Morgan fingerprint density at radius 3 is 2.44 bits per heavy atom. The maximum absolute atomic E-state index is 13.8. The first kappa shape index (κ1) is 23.4. The van der Waals surface area contributed by atoms with Gasteiger partial charge in [-0.05, 0) is 42.3 Å². The molecule has 0 saturated heterocycles. The Morgan fingerprint density at radius 2 is 1.69 bits per heavy atom. The van der Waals surface area contributed by atoms with Gasteiger partial charge in [-0.2, -0.15) is 5.10 Å². The lowest BCUT2D eigenvalue weighted by molar-refractivity contribution is 0.0977. The van der Waals surface area contributed by atoms with E-state index in [-0.39, 0.29) is 30.3 Å². The molecule has 0 aliphatic carbocycles. The first-order valence-electron chi connectivity index (χ1n) is 11.6. The number of ether oxygens (including phenoxy) is 1. The van der Waals surface area contributed by atoms with E-state index in [0.29, 0.717) is 17.4 Å². The van der Waals surface area contributed by atoms with Crippen LogP contribution in [0.25, 0.3) is 10.2 Å². The third kappa shape index (κ3) is 5.18. The number of anilines is 1. The minimum Gasteiger partial charge on any atom is -0.492 e. The molecule has 0 radical (unpaired) electrons. The normalized spacial score (nSPS) is 10.9. The Kier molecular flexibility index (Phi) is 6.86. The smallest absolute Gasteiger partial charge is 0.280 e. The summed E-state index contributed by atoms with van der Waals surface area (Å²) in [7, 11) is 0. The predicted molar refractivity (Wildman–Crippen MR) is 142 cm³/mol. The Balaban J connectivity index is 1.44. The number of carbonyl (C=O) groups excluding carboxylic acids is 1. The molecule has 0 fully saturated rings. The van der Waals surface area contributed by atoms with Crippen molar-refractivity contribution in [1.29, 1.82) is 0 Å². The number of aromatic nitrogens is 3. The standard InChI is InChI=1S/C28H24N4O3S/c1-20-9-8-14-24-26(20)29-28(36-24)31(19-21-10-4-2-5-11-21)27(34)23-15-16-25(33)32(30-23)17-18-35-22-12-6-3-7-13-22/h2-16H,17-19H2,1H3. The van der Waals surface area contributed by atoms with Crippen LogP contribution in [0.2, 0.25) is 0 Å². The first-order chi connectivity index (χ1) is 17.6. The van der Waals surface area contributed by atoms with Crippen LogP contribution < -0.4 is 15.2 Å². The Labute approximate surface area is 212 Å². The molecule has 0 atom stereocenters. The molecule has 0 spiro atoms. The summed E-state index contributed by atoms with van der Waals surface area (Å²) in [6, 6.07) is 27.9. The fourth-order valence-corrected chi connectivity index (χ4v) is 4.85. The van der Waals surface area contributed by atoms with Crippen LogP contribution in [-0.2, 0) is 13.1 Å². The van der Waals surface area contributed by atoms with E-state index in [9.17, 15) is 9.59 Å². The summed E-state index contributed by atoms with van der Waals surface area (Å²) in [4.78, 5) is 32.6. The summed E-state index contributed by atoms with van der Waals surface area (Å²) in [6.45, 7) is 2.80. The van der Waals surface area contributed by atoms with Gasteiger partial charge in [-0.25, -0.2) is 9.67 Å². The molecule has 36 heavy (non-hydrogen) atoms. The lowest BCUT2D eigenvalue weighted by atomic mass is 10.2. The molecule has 0 saturated carbocycles. The molecule has 3 aromatic carbocycles. The van der Waals surface area contributed by atoms with E-state index in [1.807, 2.05) is 85.8 Å². The third-order valence-corrected chi connectivity index (χ3v) is 6.71. The second-order valence-electron chi connectivity index (χ2n) is 8.24. The van der Waals surface area contributed by atoms with Crippen LogP contribution in [0.15, 0.2) is 95.8 Å². The van der Waals surface area contributed by atoms with Gasteiger partial charge in [-0.1, -0.05) is 72.0 Å². The largest absolute Gasteiger partial charge is 0.492 e. The van der Waals surface area contributed by atoms with Gasteiger partial charge in [-0.15, -0.1) is 0 Å². The molecule has 0 N–H and O–H groups in total. The fourth-order valence-electron chi connectivity index (χ4n) is 3.81. The van der Waals surface area contributed by atoms with Crippen LogP contribution in [0.1, 0.15) is 21.6 Å². The molecule has 2 aromatic heterocycles. The van der Waals surface area contributed by atoms with Crippen molar-refractivity contribution in [1.82, 2.24) is 14.8 Å². The Bertz CT molecular complexity index is 1550. The molecular weight excluding hydrogens is 472 g/mol. The zero-order valence-corrected chi connectivity index (χ0v) is 20.5. The van der Waals surface area contributed by atoms with E-state index in [1.54, 1.807) is 4.90 Å².